The number of anilines is 1. The van der Waals surface area contributed by atoms with Crippen molar-refractivity contribution in [3.63, 3.8) is 0 Å². The Balaban J connectivity index is 1.88. The second-order valence-electron chi connectivity index (χ2n) is 6.92. The number of nitrogens with one attached hydrogen (secondary N) is 3. The maximum absolute atomic E-state index is 12.7. The summed E-state index contributed by atoms with van der Waals surface area (Å²) in [7, 11) is 0. The lowest BCUT2D eigenvalue weighted by Crippen LogP contribution is -2.30. The van der Waals surface area contributed by atoms with Crippen molar-refractivity contribution in [2.24, 2.45) is 0 Å². The van der Waals surface area contributed by atoms with Crippen molar-refractivity contribution >= 4 is 16.7 Å². The molecule has 0 radical (unpaired) electrons. The Bertz CT molecular complexity index is 1380. The summed E-state index contributed by atoms with van der Waals surface area (Å²) in [5.74, 6) is 0.0994. The lowest BCUT2D eigenvalue weighted by Gasteiger charge is -2.25. The van der Waals surface area contributed by atoms with Crippen molar-refractivity contribution in [2.45, 2.75) is 19.8 Å². The van der Waals surface area contributed by atoms with Crippen LogP contribution in [0.25, 0.3) is 10.9 Å². The van der Waals surface area contributed by atoms with E-state index in [9.17, 15) is 9.59 Å². The highest BCUT2D eigenvalue weighted by atomic mass is 16.5. The molecule has 3 aromatic heterocycles. The topological polar surface area (TPSA) is 143 Å². The molecule has 28 heavy (non-hydrogen) atoms. The Kier molecular flexibility index (Phi) is 3.24. The number of aryl methyl sites for hydroxylation is 2. The largest absolute Gasteiger partial charge is 0.418 e. The molecule has 4 aromatic rings. The van der Waals surface area contributed by atoms with Crippen LogP contribution in [-0.4, -0.2) is 25.1 Å². The maximum Gasteiger partial charge on any atom is 0.327 e. The Morgan fingerprint density at radius 2 is 1.89 bits per heavy atom. The molecular weight excluding hydrogens is 360 g/mol. The first-order valence-corrected chi connectivity index (χ1v) is 8.68. The van der Waals surface area contributed by atoms with Gasteiger partial charge in [-0.25, -0.2) is 9.78 Å². The van der Waals surface area contributed by atoms with Crippen LogP contribution in [0.3, 0.4) is 0 Å². The SMILES string of the molecule is Cc1ccc2nc3c(cc2c1)C(c1c(N)[nH]c(=O)[nH]c1=O)c1c(n[nH]c1C)O3. The van der Waals surface area contributed by atoms with Gasteiger partial charge in [-0.05, 0) is 32.0 Å². The number of fused-ring (bicyclic) bond motifs is 3. The summed E-state index contributed by atoms with van der Waals surface area (Å²) in [6.45, 7) is 3.83. The summed E-state index contributed by atoms with van der Waals surface area (Å²) in [4.78, 5) is 33.6. The Labute approximate surface area is 157 Å². The van der Waals surface area contributed by atoms with Gasteiger partial charge in [0.2, 0.25) is 11.8 Å². The zero-order valence-electron chi connectivity index (χ0n) is 15.1. The molecule has 0 spiro atoms. The Morgan fingerprint density at radius 3 is 2.68 bits per heavy atom. The van der Waals surface area contributed by atoms with Gasteiger partial charge >= 0.3 is 5.69 Å². The molecule has 0 bridgehead atoms. The predicted molar refractivity (Wildman–Crippen MR) is 103 cm³/mol. The number of aromatic nitrogens is 5. The number of hydrogen-bond donors (Lipinski definition) is 4. The Morgan fingerprint density at radius 1 is 1.07 bits per heavy atom. The van der Waals surface area contributed by atoms with Crippen LogP contribution in [0.1, 0.15) is 33.9 Å². The van der Waals surface area contributed by atoms with E-state index in [2.05, 4.69) is 25.1 Å². The van der Waals surface area contributed by atoms with Gasteiger partial charge < -0.3 is 10.5 Å². The van der Waals surface area contributed by atoms with Crippen molar-refractivity contribution in [2.75, 3.05) is 5.73 Å². The van der Waals surface area contributed by atoms with Crippen molar-refractivity contribution < 1.29 is 4.74 Å². The molecule has 1 unspecified atom stereocenters. The van der Waals surface area contributed by atoms with Crippen LogP contribution in [0, 0.1) is 13.8 Å². The van der Waals surface area contributed by atoms with Crippen LogP contribution in [0.5, 0.6) is 11.8 Å². The monoisotopic (exact) mass is 376 g/mol. The van der Waals surface area contributed by atoms with E-state index in [-0.39, 0.29) is 11.4 Å². The molecule has 0 amide bonds. The highest BCUT2D eigenvalue weighted by Gasteiger charge is 2.36. The average molecular weight is 376 g/mol. The summed E-state index contributed by atoms with van der Waals surface area (Å²) in [6, 6.07) is 7.83. The molecule has 0 fully saturated rings. The van der Waals surface area contributed by atoms with Crippen molar-refractivity contribution in [1.82, 2.24) is 25.1 Å². The molecule has 0 saturated heterocycles. The second-order valence-corrected chi connectivity index (χ2v) is 6.92. The first-order chi connectivity index (χ1) is 13.4. The van der Waals surface area contributed by atoms with Gasteiger partial charge in [0.15, 0.2) is 0 Å². The van der Waals surface area contributed by atoms with Crippen molar-refractivity contribution in [3.8, 4) is 11.8 Å². The summed E-state index contributed by atoms with van der Waals surface area (Å²) in [5, 5.41) is 7.99. The minimum absolute atomic E-state index is 0.00230. The standard InChI is InChI=1S/C19H16N6O3/c1-7-3-4-11-9(5-7)6-10-13(14-15(20)22-19(27)23-16(14)26)12-8(2)24-25-18(12)28-17(10)21-11/h3-6,13H,1-2H3,(H,24,25)(H4,20,22,23,26,27). The lowest BCUT2D eigenvalue weighted by atomic mass is 9.84. The summed E-state index contributed by atoms with van der Waals surface area (Å²) < 4.78 is 5.91. The number of H-pyrrole nitrogens is 3. The number of nitrogens with zero attached hydrogens (tertiary/aromatic N) is 2. The van der Waals surface area contributed by atoms with E-state index < -0.39 is 17.2 Å². The van der Waals surface area contributed by atoms with Crippen LogP contribution in [-0.2, 0) is 0 Å². The quantitative estimate of drug-likeness (QED) is 0.351. The summed E-state index contributed by atoms with van der Waals surface area (Å²) in [6.07, 6.45) is 0. The molecule has 1 aromatic carbocycles. The smallest absolute Gasteiger partial charge is 0.327 e. The molecule has 140 valence electrons. The van der Waals surface area contributed by atoms with Gasteiger partial charge in [-0.3, -0.25) is 19.9 Å². The number of pyridine rings is 1. The summed E-state index contributed by atoms with van der Waals surface area (Å²) in [5.41, 5.74) is 9.02. The normalized spacial score (nSPS) is 15.1. The zero-order chi connectivity index (χ0) is 19.6. The average Bonchev–Trinajstić information content (AvgIpc) is 2.99. The fourth-order valence-electron chi connectivity index (χ4n) is 3.76. The Hall–Kier alpha value is -3.88. The molecule has 0 saturated carbocycles. The van der Waals surface area contributed by atoms with E-state index in [4.69, 9.17) is 10.5 Å². The highest BCUT2D eigenvalue weighted by molar-refractivity contribution is 5.82. The summed E-state index contributed by atoms with van der Waals surface area (Å²) >= 11 is 0. The van der Waals surface area contributed by atoms with Crippen LogP contribution in [0.15, 0.2) is 33.9 Å². The third-order valence-electron chi connectivity index (χ3n) is 5.01. The zero-order valence-corrected chi connectivity index (χ0v) is 15.1. The van der Waals surface area contributed by atoms with Gasteiger partial charge in [-0.15, -0.1) is 5.10 Å². The lowest BCUT2D eigenvalue weighted by molar-refractivity contribution is 0.419. The molecule has 1 aliphatic heterocycles. The molecule has 0 aliphatic carbocycles. The molecule has 9 nitrogen and oxygen atoms in total. The molecule has 1 atom stereocenters. The third-order valence-corrected chi connectivity index (χ3v) is 5.01. The molecule has 9 heteroatoms. The van der Waals surface area contributed by atoms with Gasteiger partial charge in [-0.2, -0.15) is 0 Å². The van der Waals surface area contributed by atoms with Gasteiger partial charge in [0, 0.05) is 22.2 Å². The molecule has 5 rings (SSSR count). The van der Waals surface area contributed by atoms with E-state index in [0.29, 0.717) is 22.9 Å². The minimum Gasteiger partial charge on any atom is -0.418 e. The van der Waals surface area contributed by atoms with Gasteiger partial charge in [0.1, 0.15) is 5.82 Å². The number of nitrogen functional groups attached to an aromatic ring is 1. The van der Waals surface area contributed by atoms with Gasteiger partial charge in [0.05, 0.1) is 17.0 Å². The second kappa shape index (κ2) is 5.56. The van der Waals surface area contributed by atoms with Crippen LogP contribution >= 0.6 is 0 Å². The van der Waals surface area contributed by atoms with Gasteiger partial charge in [0.25, 0.3) is 5.56 Å². The first-order valence-electron chi connectivity index (χ1n) is 8.68. The highest BCUT2D eigenvalue weighted by Crippen LogP contribution is 2.47. The van der Waals surface area contributed by atoms with Crippen LogP contribution in [0.4, 0.5) is 5.82 Å². The molecular formula is C19H16N6O3. The minimum atomic E-state index is -0.657. The van der Waals surface area contributed by atoms with Gasteiger partial charge in [-0.1, -0.05) is 11.6 Å². The van der Waals surface area contributed by atoms with Crippen LogP contribution in [0.2, 0.25) is 0 Å². The molecule has 1 aliphatic rings. The van der Waals surface area contributed by atoms with Crippen LogP contribution < -0.4 is 21.7 Å². The number of hydrogen-bond acceptors (Lipinski definition) is 6. The first kappa shape index (κ1) is 16.3. The van der Waals surface area contributed by atoms with E-state index in [1.165, 1.54) is 0 Å². The fraction of sp³-hybridized carbons (Fsp3) is 0.158. The van der Waals surface area contributed by atoms with E-state index in [1.54, 1.807) is 0 Å². The van der Waals surface area contributed by atoms with E-state index >= 15 is 0 Å². The van der Waals surface area contributed by atoms with Crippen molar-refractivity contribution in [3.05, 3.63) is 73.1 Å². The van der Waals surface area contributed by atoms with E-state index in [1.807, 2.05) is 38.1 Å². The number of rotatable bonds is 1. The number of ether oxygens (including phenoxy) is 1. The molecule has 4 heterocycles. The predicted octanol–water partition coefficient (Wildman–Crippen LogP) is 1.82. The van der Waals surface area contributed by atoms with E-state index in [0.717, 1.165) is 22.2 Å². The molecule has 5 N–H and O–H groups in total. The number of aromatic amines is 3. The van der Waals surface area contributed by atoms with Crippen molar-refractivity contribution in [1.29, 1.82) is 0 Å². The fourth-order valence-corrected chi connectivity index (χ4v) is 3.76. The number of nitrogens with two attached hydrogens (primary N) is 1. The maximum atomic E-state index is 12.7. The third kappa shape index (κ3) is 2.26. The number of benzene rings is 1.